The number of ether oxygens (including phenoxy) is 1. The number of carbonyl (C=O) groups excluding carboxylic acids is 1. The molecule has 0 saturated heterocycles. The number of hydrogen-bond acceptors (Lipinski definition) is 4. The Balaban J connectivity index is 2.14. The number of para-hydroxylation sites is 1. The normalized spacial score (nSPS) is 15.4. The van der Waals surface area contributed by atoms with Crippen LogP contribution in [0, 0.1) is 0 Å². The maximum Gasteiger partial charge on any atom is 0.344 e. The van der Waals surface area contributed by atoms with E-state index in [1.165, 1.54) is 24.3 Å². The Bertz CT molecular complexity index is 701. The van der Waals surface area contributed by atoms with E-state index in [1.54, 1.807) is 24.3 Å². The summed E-state index contributed by atoms with van der Waals surface area (Å²) < 4.78 is 5.09. The van der Waals surface area contributed by atoms with Gasteiger partial charge >= 0.3 is 5.97 Å². The zero-order chi connectivity index (χ0) is 13.4. The van der Waals surface area contributed by atoms with E-state index in [-0.39, 0.29) is 11.5 Å². The van der Waals surface area contributed by atoms with Gasteiger partial charge in [-0.3, -0.25) is 0 Å². The van der Waals surface area contributed by atoms with Gasteiger partial charge in [0.1, 0.15) is 17.2 Å². The average Bonchev–Trinajstić information content (AvgIpc) is 2.69. The number of esters is 1. The van der Waals surface area contributed by atoms with Gasteiger partial charge in [-0.15, -0.1) is 0 Å². The lowest BCUT2D eigenvalue weighted by Gasteiger charge is -2.00. The second-order valence-electron chi connectivity index (χ2n) is 4.19. The van der Waals surface area contributed by atoms with Crippen LogP contribution in [0.3, 0.4) is 0 Å². The molecular weight excluding hydrogens is 244 g/mol. The third kappa shape index (κ3) is 1.93. The first-order chi connectivity index (χ1) is 9.15. The summed E-state index contributed by atoms with van der Waals surface area (Å²) in [5.41, 5.74) is 1.35. The number of phenolic OH excluding ortho intramolecular Hbond substituents is 2. The van der Waals surface area contributed by atoms with Gasteiger partial charge in [0.05, 0.1) is 5.57 Å². The molecule has 0 saturated carbocycles. The smallest absolute Gasteiger partial charge is 0.344 e. The van der Waals surface area contributed by atoms with Crippen molar-refractivity contribution in [1.82, 2.24) is 0 Å². The number of aromatic hydroxyl groups is 2. The molecule has 0 aromatic heterocycles. The SMILES string of the molecule is O=C1Oc2ccc(O)cc2/C1=C\c1ccccc1O. The number of fused-ring (bicyclic) bond motifs is 1. The molecule has 2 N–H and O–H groups in total. The molecule has 1 aliphatic heterocycles. The Morgan fingerprint density at radius 3 is 2.63 bits per heavy atom. The van der Waals surface area contributed by atoms with Crippen molar-refractivity contribution in [3.05, 3.63) is 53.6 Å². The van der Waals surface area contributed by atoms with E-state index in [1.807, 2.05) is 0 Å². The van der Waals surface area contributed by atoms with Crippen molar-refractivity contribution < 1.29 is 19.7 Å². The lowest BCUT2D eigenvalue weighted by Crippen LogP contribution is -2.00. The monoisotopic (exact) mass is 254 g/mol. The van der Waals surface area contributed by atoms with Crippen molar-refractivity contribution in [3.8, 4) is 17.2 Å². The minimum Gasteiger partial charge on any atom is -0.508 e. The quantitative estimate of drug-likeness (QED) is 0.466. The molecule has 0 aliphatic carbocycles. The highest BCUT2D eigenvalue weighted by Crippen LogP contribution is 2.38. The molecule has 1 heterocycles. The predicted molar refractivity (Wildman–Crippen MR) is 69.7 cm³/mol. The van der Waals surface area contributed by atoms with E-state index in [9.17, 15) is 15.0 Å². The lowest BCUT2D eigenvalue weighted by atomic mass is 10.0. The summed E-state index contributed by atoms with van der Waals surface area (Å²) in [4.78, 5) is 11.8. The minimum absolute atomic E-state index is 0.0558. The third-order valence-corrected chi connectivity index (χ3v) is 2.91. The molecule has 94 valence electrons. The highest BCUT2D eigenvalue weighted by molar-refractivity contribution is 6.26. The number of phenols is 2. The van der Waals surface area contributed by atoms with E-state index in [4.69, 9.17) is 4.74 Å². The summed E-state index contributed by atoms with van der Waals surface area (Å²) in [6.45, 7) is 0. The molecule has 2 aromatic carbocycles. The zero-order valence-corrected chi connectivity index (χ0v) is 9.83. The lowest BCUT2D eigenvalue weighted by molar-refractivity contribution is -0.126. The third-order valence-electron chi connectivity index (χ3n) is 2.91. The number of carbonyl (C=O) groups is 1. The van der Waals surface area contributed by atoms with Gasteiger partial charge in [-0.2, -0.15) is 0 Å². The van der Waals surface area contributed by atoms with Crippen LogP contribution in [0.1, 0.15) is 11.1 Å². The standard InChI is InChI=1S/C15H10O4/c16-10-5-6-14-11(8-10)12(15(18)19-14)7-9-3-1-2-4-13(9)17/h1-8,16-17H/b12-7+. The van der Waals surface area contributed by atoms with Crippen molar-refractivity contribution in [2.24, 2.45) is 0 Å². The predicted octanol–water partition coefficient (Wildman–Crippen LogP) is 2.56. The molecule has 0 atom stereocenters. The summed E-state index contributed by atoms with van der Waals surface area (Å²) in [5, 5.41) is 19.2. The summed E-state index contributed by atoms with van der Waals surface area (Å²) in [6.07, 6.45) is 1.54. The fourth-order valence-corrected chi connectivity index (χ4v) is 1.98. The van der Waals surface area contributed by atoms with Crippen LogP contribution < -0.4 is 4.74 Å². The molecule has 3 rings (SSSR count). The van der Waals surface area contributed by atoms with Crippen molar-refractivity contribution in [2.75, 3.05) is 0 Å². The second-order valence-corrected chi connectivity index (χ2v) is 4.19. The van der Waals surface area contributed by atoms with Crippen LogP contribution in [0.2, 0.25) is 0 Å². The molecular formula is C15H10O4. The Morgan fingerprint density at radius 2 is 1.84 bits per heavy atom. The molecule has 0 amide bonds. The van der Waals surface area contributed by atoms with Crippen LogP contribution in [-0.2, 0) is 4.79 Å². The largest absolute Gasteiger partial charge is 0.508 e. The molecule has 0 radical (unpaired) electrons. The Hall–Kier alpha value is -2.75. The van der Waals surface area contributed by atoms with Crippen molar-refractivity contribution in [3.63, 3.8) is 0 Å². The second kappa shape index (κ2) is 4.17. The fourth-order valence-electron chi connectivity index (χ4n) is 1.98. The first-order valence-corrected chi connectivity index (χ1v) is 5.70. The summed E-state index contributed by atoms with van der Waals surface area (Å²) >= 11 is 0. The van der Waals surface area contributed by atoms with Crippen LogP contribution in [0.25, 0.3) is 11.6 Å². The van der Waals surface area contributed by atoms with E-state index < -0.39 is 5.97 Å². The number of rotatable bonds is 1. The van der Waals surface area contributed by atoms with Gasteiger partial charge in [0, 0.05) is 11.1 Å². The van der Waals surface area contributed by atoms with E-state index in [0.717, 1.165) is 0 Å². The molecule has 4 nitrogen and oxygen atoms in total. The maximum atomic E-state index is 11.8. The van der Waals surface area contributed by atoms with E-state index in [2.05, 4.69) is 0 Å². The Morgan fingerprint density at radius 1 is 1.05 bits per heavy atom. The highest BCUT2D eigenvalue weighted by atomic mass is 16.5. The van der Waals surface area contributed by atoms with Crippen LogP contribution in [0.4, 0.5) is 0 Å². The molecule has 0 fully saturated rings. The van der Waals surface area contributed by atoms with Gasteiger partial charge in [0.15, 0.2) is 0 Å². The number of hydrogen-bond donors (Lipinski definition) is 2. The van der Waals surface area contributed by atoms with Crippen molar-refractivity contribution >= 4 is 17.6 Å². The summed E-state index contributed by atoms with van der Waals surface area (Å²) in [7, 11) is 0. The summed E-state index contributed by atoms with van der Waals surface area (Å²) in [5.74, 6) is 0.0463. The fraction of sp³-hybridized carbons (Fsp3) is 0. The van der Waals surface area contributed by atoms with Gasteiger partial charge in [-0.25, -0.2) is 4.79 Å². The molecule has 4 heteroatoms. The zero-order valence-electron chi connectivity index (χ0n) is 9.83. The minimum atomic E-state index is -0.496. The van der Waals surface area contributed by atoms with Crippen LogP contribution >= 0.6 is 0 Å². The van der Waals surface area contributed by atoms with Gasteiger partial charge in [0.2, 0.25) is 0 Å². The van der Waals surface area contributed by atoms with Crippen molar-refractivity contribution in [1.29, 1.82) is 0 Å². The van der Waals surface area contributed by atoms with Crippen molar-refractivity contribution in [2.45, 2.75) is 0 Å². The molecule has 0 spiro atoms. The Kier molecular flexibility index (Phi) is 2.49. The van der Waals surface area contributed by atoms with Crippen LogP contribution in [0.15, 0.2) is 42.5 Å². The topological polar surface area (TPSA) is 66.8 Å². The van der Waals surface area contributed by atoms with Gasteiger partial charge in [-0.05, 0) is 30.3 Å². The highest BCUT2D eigenvalue weighted by Gasteiger charge is 2.27. The van der Waals surface area contributed by atoms with Gasteiger partial charge in [-0.1, -0.05) is 18.2 Å². The average molecular weight is 254 g/mol. The number of benzene rings is 2. The van der Waals surface area contributed by atoms with Gasteiger partial charge in [0.25, 0.3) is 0 Å². The Labute approximate surface area is 109 Å². The first kappa shape index (κ1) is 11.3. The van der Waals surface area contributed by atoms with Gasteiger partial charge < -0.3 is 14.9 Å². The van der Waals surface area contributed by atoms with Crippen LogP contribution in [0.5, 0.6) is 17.2 Å². The molecule has 1 aliphatic rings. The first-order valence-electron chi connectivity index (χ1n) is 5.70. The summed E-state index contributed by atoms with van der Waals surface area (Å²) in [6, 6.07) is 11.1. The molecule has 2 aromatic rings. The molecule has 0 unspecified atom stereocenters. The molecule has 0 bridgehead atoms. The van der Waals surface area contributed by atoms with Crippen LogP contribution in [-0.4, -0.2) is 16.2 Å². The van der Waals surface area contributed by atoms with E-state index in [0.29, 0.717) is 22.4 Å². The molecule has 19 heavy (non-hydrogen) atoms. The maximum absolute atomic E-state index is 11.8. The van der Waals surface area contributed by atoms with E-state index >= 15 is 0 Å².